The third-order valence-electron chi connectivity index (χ3n) is 0. The van der Waals surface area contributed by atoms with Gasteiger partial charge in [0.1, 0.15) is 0 Å². The minimum Gasteiger partial charge on any atom is -0.857 e. The van der Waals surface area contributed by atoms with Gasteiger partial charge in [0, 0.05) is 0 Å². The van der Waals surface area contributed by atoms with Crippen molar-refractivity contribution < 1.29 is 10.2 Å². The van der Waals surface area contributed by atoms with Gasteiger partial charge in [-0.15, -0.1) is 0 Å². The van der Waals surface area contributed by atoms with E-state index in [4.69, 9.17) is 10.2 Å². The molecule has 2 nitrogen and oxygen atoms in total. The van der Waals surface area contributed by atoms with Gasteiger partial charge in [-0.1, -0.05) is 0 Å². The molecule has 5 heavy (non-hydrogen) atoms. The molecular formula is C2H6BeO2. The van der Waals surface area contributed by atoms with Crippen LogP contribution in [0.1, 0.15) is 0 Å². The molecule has 0 aromatic carbocycles. The van der Waals surface area contributed by atoms with Crippen molar-refractivity contribution in [2.75, 3.05) is 14.2 Å². The summed E-state index contributed by atoms with van der Waals surface area (Å²) in [6, 6.07) is 0. The predicted octanol–water partition coefficient (Wildman–Crippen LogP) is -2.43. The average molecular weight is 71.1 g/mol. The maximum Gasteiger partial charge on any atom is 2.00 e. The van der Waals surface area contributed by atoms with Crippen LogP contribution in [0, 0.1) is 0 Å². The minimum atomic E-state index is 0. The fourth-order valence-electron chi connectivity index (χ4n) is 0. The summed E-state index contributed by atoms with van der Waals surface area (Å²) in [5.74, 6) is 0. The molecule has 0 saturated carbocycles. The summed E-state index contributed by atoms with van der Waals surface area (Å²) >= 11 is 0. The maximum absolute atomic E-state index is 8.25. The molecule has 0 aliphatic carbocycles. The smallest absolute Gasteiger partial charge is 0.857 e. The summed E-state index contributed by atoms with van der Waals surface area (Å²) in [4.78, 5) is 0. The van der Waals surface area contributed by atoms with E-state index >= 15 is 0 Å². The Morgan fingerprint density at radius 2 is 0.800 bits per heavy atom. The standard InChI is InChI=1S/2CH3O.Be/c2*1-2;/h2*1H3;/q2*-1;+2. The van der Waals surface area contributed by atoms with E-state index in [9.17, 15) is 0 Å². The molecule has 3 heteroatoms. The second-order valence-corrected chi connectivity index (χ2v) is 0. The van der Waals surface area contributed by atoms with Crippen LogP contribution in [0.15, 0.2) is 0 Å². The zero-order valence-electron chi connectivity index (χ0n) is 3.52. The number of rotatable bonds is 0. The largest absolute Gasteiger partial charge is 2.00 e. The van der Waals surface area contributed by atoms with Crippen LogP contribution in [-0.2, 0) is 0 Å². The van der Waals surface area contributed by atoms with E-state index in [1.165, 1.54) is 0 Å². The quantitative estimate of drug-likeness (QED) is 0.298. The molecular weight excluding hydrogens is 65.0 g/mol. The van der Waals surface area contributed by atoms with Gasteiger partial charge in [0.25, 0.3) is 0 Å². The molecule has 0 saturated heterocycles. The topological polar surface area (TPSA) is 46.1 Å². The normalized spacial score (nSPS) is 2.40. The second-order valence-electron chi connectivity index (χ2n) is 0. The molecule has 0 rings (SSSR count). The Labute approximate surface area is 35.7 Å². The van der Waals surface area contributed by atoms with Crippen LogP contribution < -0.4 is 10.2 Å². The Morgan fingerprint density at radius 3 is 0.800 bits per heavy atom. The molecule has 0 heterocycles. The first-order valence-electron chi connectivity index (χ1n) is 0.816. The van der Waals surface area contributed by atoms with Crippen LogP contribution in [0.5, 0.6) is 0 Å². The molecule has 0 N–H and O–H groups in total. The third kappa shape index (κ3) is 2260. The molecule has 0 atom stereocenters. The van der Waals surface area contributed by atoms with Crippen molar-refractivity contribution in [1.82, 2.24) is 0 Å². The Balaban J connectivity index is -0.0000000133. The van der Waals surface area contributed by atoms with Gasteiger partial charge in [0.05, 0.1) is 0 Å². The van der Waals surface area contributed by atoms with Crippen LogP contribution >= 0.6 is 0 Å². The van der Waals surface area contributed by atoms with Crippen LogP contribution in [0.25, 0.3) is 0 Å². The summed E-state index contributed by atoms with van der Waals surface area (Å²) in [7, 11) is 1.50. The summed E-state index contributed by atoms with van der Waals surface area (Å²) in [5.41, 5.74) is 0. The first kappa shape index (κ1) is 19.5. The van der Waals surface area contributed by atoms with Gasteiger partial charge >= 0.3 is 10.1 Å². The number of hydrogen-bond donors (Lipinski definition) is 0. The molecule has 0 radical (unpaired) electrons. The van der Waals surface area contributed by atoms with E-state index in [2.05, 4.69) is 0 Å². The van der Waals surface area contributed by atoms with Crippen LogP contribution in [0.4, 0.5) is 0 Å². The Kier molecular flexibility index (Phi) is 19300. The molecule has 0 aliphatic rings. The molecule has 0 bridgehead atoms. The molecule has 0 aromatic heterocycles. The van der Waals surface area contributed by atoms with Crippen molar-refractivity contribution in [3.8, 4) is 0 Å². The zero-order valence-corrected chi connectivity index (χ0v) is 3.52. The molecule has 0 amide bonds. The van der Waals surface area contributed by atoms with E-state index in [1.807, 2.05) is 0 Å². The Morgan fingerprint density at radius 1 is 0.800 bits per heavy atom. The summed E-state index contributed by atoms with van der Waals surface area (Å²) in [6.45, 7) is 0. The van der Waals surface area contributed by atoms with Crippen molar-refractivity contribution in [2.45, 2.75) is 0 Å². The van der Waals surface area contributed by atoms with Gasteiger partial charge in [-0.3, -0.25) is 0 Å². The third-order valence-corrected chi connectivity index (χ3v) is 0. The van der Waals surface area contributed by atoms with Gasteiger partial charge in [-0.25, -0.2) is 0 Å². The molecule has 0 spiro atoms. The zero-order chi connectivity index (χ0) is 4.00. The number of hydrogen-bond acceptors (Lipinski definition) is 2. The molecule has 28 valence electrons. The van der Waals surface area contributed by atoms with Crippen molar-refractivity contribution in [3.05, 3.63) is 0 Å². The second kappa shape index (κ2) is 4940. The Hall–Kier alpha value is 0.0888. The van der Waals surface area contributed by atoms with E-state index in [-0.39, 0.29) is 10.1 Å². The van der Waals surface area contributed by atoms with E-state index in [1.54, 1.807) is 0 Å². The van der Waals surface area contributed by atoms with Crippen molar-refractivity contribution in [1.29, 1.82) is 0 Å². The average Bonchev–Trinajstić information content (AvgIpc) is 1.50. The Bertz CT molecular complexity index is 7.61. The van der Waals surface area contributed by atoms with Gasteiger partial charge < -0.3 is 10.2 Å². The summed E-state index contributed by atoms with van der Waals surface area (Å²) < 4.78 is 0. The van der Waals surface area contributed by atoms with Crippen molar-refractivity contribution in [3.63, 3.8) is 0 Å². The van der Waals surface area contributed by atoms with Crippen molar-refractivity contribution >= 4 is 10.1 Å². The van der Waals surface area contributed by atoms with Crippen LogP contribution in [0.2, 0.25) is 0 Å². The molecule has 0 aliphatic heterocycles. The van der Waals surface area contributed by atoms with Crippen molar-refractivity contribution in [2.24, 2.45) is 0 Å². The molecule has 0 aromatic rings. The SMILES string of the molecule is C[O-].C[O-].[Be+2]. The van der Waals surface area contributed by atoms with E-state index < -0.39 is 0 Å². The van der Waals surface area contributed by atoms with Gasteiger partial charge in [0.2, 0.25) is 0 Å². The maximum atomic E-state index is 8.25. The summed E-state index contributed by atoms with van der Waals surface area (Å²) in [6.07, 6.45) is 0. The predicted molar refractivity (Wildman–Crippen MR) is 17.6 cm³/mol. The van der Waals surface area contributed by atoms with Gasteiger partial charge in [0.15, 0.2) is 0 Å². The van der Waals surface area contributed by atoms with Crippen LogP contribution in [0.3, 0.4) is 0 Å². The fourth-order valence-corrected chi connectivity index (χ4v) is 0. The van der Waals surface area contributed by atoms with Gasteiger partial charge in [-0.2, -0.15) is 14.2 Å². The van der Waals surface area contributed by atoms with Crippen LogP contribution in [-0.4, -0.2) is 24.3 Å². The van der Waals surface area contributed by atoms with E-state index in [0.29, 0.717) is 0 Å². The van der Waals surface area contributed by atoms with E-state index in [0.717, 1.165) is 14.2 Å². The molecule has 0 unspecified atom stereocenters. The minimum absolute atomic E-state index is 0. The van der Waals surface area contributed by atoms with Gasteiger partial charge in [-0.05, 0) is 0 Å². The summed E-state index contributed by atoms with van der Waals surface area (Å²) in [5, 5.41) is 16.5. The first-order valence-corrected chi connectivity index (χ1v) is 0.816. The fraction of sp³-hybridized carbons (Fsp3) is 1.00. The molecule has 0 fully saturated rings. The first-order chi connectivity index (χ1) is 2.00. The monoisotopic (exact) mass is 71.0 g/mol.